The number of halogens is 1. The second-order valence-corrected chi connectivity index (χ2v) is 5.10. The quantitative estimate of drug-likeness (QED) is 0.743. The molecule has 0 bridgehead atoms. The fourth-order valence-electron chi connectivity index (χ4n) is 2.57. The first-order valence-electron chi connectivity index (χ1n) is 7.38. The Labute approximate surface area is 146 Å². The second-order valence-electron chi connectivity index (χ2n) is 5.10. The van der Waals surface area contributed by atoms with Crippen molar-refractivity contribution in [2.45, 2.75) is 0 Å². The third kappa shape index (κ3) is 3.02. The molecule has 0 saturated carbocycles. The Kier molecular flexibility index (Phi) is 4.94. The highest BCUT2D eigenvalue weighted by atomic mass is 19.1. The van der Waals surface area contributed by atoms with E-state index in [4.69, 9.17) is 14.2 Å². The lowest BCUT2D eigenvalue weighted by atomic mass is 10.1. The molecule has 26 heavy (non-hydrogen) atoms. The summed E-state index contributed by atoms with van der Waals surface area (Å²) < 4.78 is 34.0. The Hall–Kier alpha value is -3.27. The maximum atomic E-state index is 14.5. The van der Waals surface area contributed by atoms with Gasteiger partial charge in [0, 0.05) is 0 Å². The van der Waals surface area contributed by atoms with E-state index in [2.05, 4.69) is 14.7 Å². The minimum absolute atomic E-state index is 0.0163. The van der Waals surface area contributed by atoms with E-state index in [1.807, 2.05) is 0 Å². The van der Waals surface area contributed by atoms with Crippen molar-refractivity contribution in [3.05, 3.63) is 41.7 Å². The highest BCUT2D eigenvalue weighted by molar-refractivity contribution is 6.04. The van der Waals surface area contributed by atoms with Crippen LogP contribution in [0.2, 0.25) is 0 Å². The third-order valence-electron chi connectivity index (χ3n) is 3.70. The summed E-state index contributed by atoms with van der Waals surface area (Å²) >= 11 is 0. The summed E-state index contributed by atoms with van der Waals surface area (Å²) in [6.45, 7) is -0.278. The Balaban J connectivity index is 2.21. The number of benzene rings is 1. The molecule has 0 fully saturated rings. The minimum atomic E-state index is -0.794. The van der Waals surface area contributed by atoms with Gasteiger partial charge in [-0.15, -0.1) is 0 Å². The van der Waals surface area contributed by atoms with E-state index in [0.29, 0.717) is 0 Å². The Morgan fingerprint density at radius 2 is 2.00 bits per heavy atom. The number of nitrogens with zero attached hydrogens (tertiary/aromatic N) is 3. The van der Waals surface area contributed by atoms with Crippen LogP contribution in [0.4, 0.5) is 10.1 Å². The van der Waals surface area contributed by atoms with Gasteiger partial charge in [0.1, 0.15) is 18.2 Å². The van der Waals surface area contributed by atoms with E-state index in [1.165, 1.54) is 37.3 Å². The molecule has 2 heterocycles. The van der Waals surface area contributed by atoms with Crippen molar-refractivity contribution >= 4 is 17.6 Å². The lowest BCUT2D eigenvalue weighted by Crippen LogP contribution is -2.39. The molecule has 136 valence electrons. The molecule has 0 N–H and O–H groups in total. The number of esters is 2. The molecule has 0 aliphatic carbocycles. The number of carbonyl (C=O) groups excluding carboxylic acids is 2. The molecule has 0 atom stereocenters. The molecule has 0 radical (unpaired) electrons. The molecule has 1 aliphatic rings. The fraction of sp³-hybridized carbons (Fsp3) is 0.250. The number of rotatable bonds is 4. The molecule has 3 rings (SSSR count). The van der Waals surface area contributed by atoms with Crippen molar-refractivity contribution in [2.24, 2.45) is 0 Å². The highest BCUT2D eigenvalue weighted by Crippen LogP contribution is 2.35. The van der Waals surface area contributed by atoms with Crippen molar-refractivity contribution in [2.75, 3.05) is 32.5 Å². The molecule has 2 aromatic rings. The van der Waals surface area contributed by atoms with Crippen LogP contribution < -0.4 is 4.90 Å². The van der Waals surface area contributed by atoms with Gasteiger partial charge in [0.15, 0.2) is 0 Å². The Bertz CT molecular complexity index is 865. The van der Waals surface area contributed by atoms with Crippen molar-refractivity contribution in [1.82, 2.24) is 10.1 Å². The van der Waals surface area contributed by atoms with Gasteiger partial charge in [-0.05, 0) is 12.1 Å². The highest BCUT2D eigenvalue weighted by Gasteiger charge is 2.34. The summed E-state index contributed by atoms with van der Waals surface area (Å²) in [5.41, 5.74) is 0.0279. The molecular weight excluding hydrogens is 349 g/mol. The smallest absolute Gasteiger partial charge is 0.355 e. The third-order valence-corrected chi connectivity index (χ3v) is 3.70. The van der Waals surface area contributed by atoms with E-state index < -0.39 is 17.8 Å². The average molecular weight is 363 g/mol. The van der Waals surface area contributed by atoms with Gasteiger partial charge in [0.25, 0.3) is 0 Å². The fourth-order valence-corrected chi connectivity index (χ4v) is 2.57. The molecule has 0 amide bonds. The lowest BCUT2D eigenvalue weighted by molar-refractivity contribution is -0.140. The maximum Gasteiger partial charge on any atom is 0.355 e. The number of carbonyl (C=O) groups is 2. The largest absolute Gasteiger partial charge is 0.466 e. The van der Waals surface area contributed by atoms with Gasteiger partial charge in [0.2, 0.25) is 12.2 Å². The van der Waals surface area contributed by atoms with Crippen LogP contribution in [0, 0.1) is 5.82 Å². The van der Waals surface area contributed by atoms with E-state index >= 15 is 0 Å². The van der Waals surface area contributed by atoms with Crippen LogP contribution in [0.15, 0.2) is 40.4 Å². The van der Waals surface area contributed by atoms with Gasteiger partial charge in [-0.3, -0.25) is 0 Å². The van der Waals surface area contributed by atoms with E-state index in [0.717, 1.165) is 6.39 Å². The summed E-state index contributed by atoms with van der Waals surface area (Å²) in [4.78, 5) is 29.5. The number of aromatic nitrogens is 2. The minimum Gasteiger partial charge on any atom is -0.466 e. The van der Waals surface area contributed by atoms with Crippen LogP contribution in [0.5, 0.6) is 0 Å². The first-order valence-corrected chi connectivity index (χ1v) is 7.38. The SMILES string of the molecule is COC(=O)C1=C(C(=O)OC)N(c2cccc(F)c2-c2ncon2)COC1. The van der Waals surface area contributed by atoms with Gasteiger partial charge < -0.3 is 23.6 Å². The monoisotopic (exact) mass is 363 g/mol. The van der Waals surface area contributed by atoms with Gasteiger partial charge in [-0.25, -0.2) is 14.0 Å². The molecule has 10 heteroatoms. The Morgan fingerprint density at radius 3 is 2.65 bits per heavy atom. The average Bonchev–Trinajstić information content (AvgIpc) is 3.20. The van der Waals surface area contributed by atoms with Crippen LogP contribution >= 0.6 is 0 Å². The molecule has 1 aromatic heterocycles. The molecule has 1 aromatic carbocycles. The maximum absolute atomic E-state index is 14.5. The number of ether oxygens (including phenoxy) is 3. The summed E-state index contributed by atoms with van der Waals surface area (Å²) in [7, 11) is 2.35. The van der Waals surface area contributed by atoms with E-state index in [1.54, 1.807) is 0 Å². The number of methoxy groups -OCH3 is 2. The topological polar surface area (TPSA) is 104 Å². The predicted octanol–water partition coefficient (Wildman–Crippen LogP) is 1.27. The van der Waals surface area contributed by atoms with Crippen molar-refractivity contribution < 1.29 is 32.7 Å². The van der Waals surface area contributed by atoms with Crippen LogP contribution in [0.1, 0.15) is 0 Å². The standard InChI is InChI=1S/C16H14FN3O6/c1-23-15(21)9-6-25-8-20(13(9)16(22)24-2)11-5-3-4-10(17)12(11)14-18-7-26-19-14/h3-5,7H,6,8H2,1-2H3. The number of hydrogen-bond acceptors (Lipinski definition) is 9. The molecule has 9 nitrogen and oxygen atoms in total. The summed E-state index contributed by atoms with van der Waals surface area (Å²) in [5, 5.41) is 3.65. The zero-order valence-corrected chi connectivity index (χ0v) is 13.9. The number of anilines is 1. The van der Waals surface area contributed by atoms with Crippen LogP contribution in [-0.4, -0.2) is 49.6 Å². The van der Waals surface area contributed by atoms with Crippen LogP contribution in [-0.2, 0) is 23.8 Å². The molecule has 0 spiro atoms. The molecule has 0 saturated heterocycles. The molecule has 0 unspecified atom stereocenters. The normalized spacial score (nSPS) is 14.3. The first kappa shape index (κ1) is 17.5. The van der Waals surface area contributed by atoms with Crippen molar-refractivity contribution in [3.8, 4) is 11.4 Å². The predicted molar refractivity (Wildman–Crippen MR) is 84.0 cm³/mol. The van der Waals surface area contributed by atoms with E-state index in [9.17, 15) is 14.0 Å². The molecule has 1 aliphatic heterocycles. The Morgan fingerprint density at radius 1 is 1.23 bits per heavy atom. The van der Waals surface area contributed by atoms with Gasteiger partial charge in [-0.2, -0.15) is 4.98 Å². The van der Waals surface area contributed by atoms with Gasteiger partial charge in [-0.1, -0.05) is 11.2 Å². The van der Waals surface area contributed by atoms with Crippen LogP contribution in [0.3, 0.4) is 0 Å². The van der Waals surface area contributed by atoms with Crippen LogP contribution in [0.25, 0.3) is 11.4 Å². The zero-order chi connectivity index (χ0) is 18.7. The molecular formula is C16H14FN3O6. The summed E-state index contributed by atoms with van der Waals surface area (Å²) in [6, 6.07) is 4.18. The van der Waals surface area contributed by atoms with Crippen molar-refractivity contribution in [3.63, 3.8) is 0 Å². The van der Waals surface area contributed by atoms with Gasteiger partial charge in [0.05, 0.1) is 37.7 Å². The second kappa shape index (κ2) is 7.31. The zero-order valence-electron chi connectivity index (χ0n) is 13.9. The summed E-state index contributed by atoms with van der Waals surface area (Å²) in [5.74, 6) is -2.21. The first-order chi connectivity index (χ1) is 12.6. The van der Waals surface area contributed by atoms with Gasteiger partial charge >= 0.3 is 11.9 Å². The summed E-state index contributed by atoms with van der Waals surface area (Å²) in [6.07, 6.45) is 1.05. The lowest BCUT2D eigenvalue weighted by Gasteiger charge is -2.32. The number of hydrogen-bond donors (Lipinski definition) is 0. The van der Waals surface area contributed by atoms with Crippen molar-refractivity contribution in [1.29, 1.82) is 0 Å². The van der Waals surface area contributed by atoms with E-state index in [-0.39, 0.29) is 41.7 Å².